The maximum absolute atomic E-state index is 12.7. The molecular weight excluding hydrogens is 308 g/mol. The molecule has 0 saturated heterocycles. The zero-order chi connectivity index (χ0) is 16.1. The standard InChI is InChI=1S/C19H20O3S/c1-15-7-9-17(10-8-15)23(20)19-11-12-22-18(19)14-21-13-16-5-3-2-4-6-16/h2-11,18H,12-14H2,1H3/t18-,23?/m1/s1. The summed E-state index contributed by atoms with van der Waals surface area (Å²) in [6.45, 7) is 3.46. The minimum Gasteiger partial charge on any atom is -0.374 e. The first-order valence-corrected chi connectivity index (χ1v) is 8.81. The second-order valence-corrected chi connectivity index (χ2v) is 6.99. The molecule has 2 aromatic carbocycles. The zero-order valence-electron chi connectivity index (χ0n) is 13.1. The van der Waals surface area contributed by atoms with E-state index in [9.17, 15) is 4.21 Å². The lowest BCUT2D eigenvalue weighted by Crippen LogP contribution is -2.20. The molecule has 0 N–H and O–H groups in total. The Kier molecular flexibility index (Phi) is 5.39. The predicted molar refractivity (Wildman–Crippen MR) is 91.5 cm³/mol. The highest BCUT2D eigenvalue weighted by molar-refractivity contribution is 7.89. The van der Waals surface area contributed by atoms with Crippen molar-refractivity contribution >= 4 is 10.8 Å². The molecule has 0 aromatic heterocycles. The fraction of sp³-hybridized carbons (Fsp3) is 0.263. The van der Waals surface area contributed by atoms with Gasteiger partial charge in [0.05, 0.1) is 35.5 Å². The van der Waals surface area contributed by atoms with Gasteiger partial charge < -0.3 is 9.47 Å². The second kappa shape index (κ2) is 7.68. The average molecular weight is 328 g/mol. The summed E-state index contributed by atoms with van der Waals surface area (Å²) < 4.78 is 24.1. The van der Waals surface area contributed by atoms with Crippen molar-refractivity contribution in [2.24, 2.45) is 0 Å². The van der Waals surface area contributed by atoms with E-state index in [1.807, 2.05) is 67.6 Å². The van der Waals surface area contributed by atoms with E-state index in [4.69, 9.17) is 9.47 Å². The van der Waals surface area contributed by atoms with E-state index in [0.717, 1.165) is 20.9 Å². The van der Waals surface area contributed by atoms with E-state index in [1.54, 1.807) is 0 Å². The maximum Gasteiger partial charge on any atom is 0.115 e. The van der Waals surface area contributed by atoms with Gasteiger partial charge in [-0.25, -0.2) is 4.21 Å². The molecule has 4 heteroatoms. The van der Waals surface area contributed by atoms with Gasteiger partial charge in [0.2, 0.25) is 0 Å². The lowest BCUT2D eigenvalue weighted by atomic mass is 10.2. The molecule has 0 bridgehead atoms. The van der Waals surface area contributed by atoms with Crippen molar-refractivity contribution in [3.8, 4) is 0 Å². The molecule has 23 heavy (non-hydrogen) atoms. The van der Waals surface area contributed by atoms with E-state index >= 15 is 0 Å². The highest BCUT2D eigenvalue weighted by Gasteiger charge is 2.26. The Labute approximate surface area is 139 Å². The van der Waals surface area contributed by atoms with Crippen LogP contribution in [0.4, 0.5) is 0 Å². The summed E-state index contributed by atoms with van der Waals surface area (Å²) in [5.41, 5.74) is 2.28. The van der Waals surface area contributed by atoms with Gasteiger partial charge in [-0.2, -0.15) is 0 Å². The van der Waals surface area contributed by atoms with Crippen LogP contribution in [0.25, 0.3) is 0 Å². The van der Waals surface area contributed by atoms with Crippen molar-refractivity contribution in [2.45, 2.75) is 24.5 Å². The molecule has 3 rings (SSSR count). The smallest absolute Gasteiger partial charge is 0.115 e. The lowest BCUT2D eigenvalue weighted by Gasteiger charge is -2.15. The third-order valence-electron chi connectivity index (χ3n) is 3.73. The summed E-state index contributed by atoms with van der Waals surface area (Å²) in [4.78, 5) is 1.61. The summed E-state index contributed by atoms with van der Waals surface area (Å²) in [6.07, 6.45) is 1.67. The van der Waals surface area contributed by atoms with Crippen molar-refractivity contribution in [1.29, 1.82) is 0 Å². The van der Waals surface area contributed by atoms with Gasteiger partial charge in [-0.05, 0) is 30.7 Å². The summed E-state index contributed by atoms with van der Waals surface area (Å²) in [5.74, 6) is 0. The van der Waals surface area contributed by atoms with Crippen molar-refractivity contribution in [3.63, 3.8) is 0 Å². The van der Waals surface area contributed by atoms with Crippen LogP contribution in [-0.4, -0.2) is 23.5 Å². The number of rotatable bonds is 6. The molecule has 1 aliphatic rings. The van der Waals surface area contributed by atoms with Crippen LogP contribution in [0.1, 0.15) is 11.1 Å². The molecule has 0 spiro atoms. The van der Waals surface area contributed by atoms with Gasteiger partial charge in [0.15, 0.2) is 0 Å². The van der Waals surface area contributed by atoms with Gasteiger partial charge in [-0.1, -0.05) is 48.0 Å². The molecule has 1 heterocycles. The molecule has 1 aliphatic heterocycles. The van der Waals surface area contributed by atoms with Gasteiger partial charge in [0.25, 0.3) is 0 Å². The highest BCUT2D eigenvalue weighted by atomic mass is 32.2. The Bertz CT molecular complexity index is 692. The Hall–Kier alpha value is -1.75. The van der Waals surface area contributed by atoms with E-state index in [1.165, 1.54) is 0 Å². The topological polar surface area (TPSA) is 35.5 Å². The predicted octanol–water partition coefficient (Wildman–Crippen LogP) is 3.60. The lowest BCUT2D eigenvalue weighted by molar-refractivity contribution is 0.0211. The van der Waals surface area contributed by atoms with Gasteiger partial charge in [-0.15, -0.1) is 0 Å². The number of hydrogen-bond acceptors (Lipinski definition) is 3. The largest absolute Gasteiger partial charge is 0.374 e. The van der Waals surface area contributed by atoms with E-state index in [-0.39, 0.29) is 6.10 Å². The Balaban J connectivity index is 1.59. The molecule has 1 unspecified atom stereocenters. The van der Waals surface area contributed by atoms with Crippen LogP contribution in [0.2, 0.25) is 0 Å². The SMILES string of the molecule is Cc1ccc(S(=O)C2=CCO[C@@H]2COCc2ccccc2)cc1. The molecule has 0 amide bonds. The minimum absolute atomic E-state index is 0.235. The van der Waals surface area contributed by atoms with Gasteiger partial charge in [-0.3, -0.25) is 0 Å². The van der Waals surface area contributed by atoms with Crippen LogP contribution >= 0.6 is 0 Å². The van der Waals surface area contributed by atoms with Crippen LogP contribution in [-0.2, 0) is 26.9 Å². The maximum atomic E-state index is 12.7. The Morgan fingerprint density at radius 2 is 1.87 bits per heavy atom. The highest BCUT2D eigenvalue weighted by Crippen LogP contribution is 2.24. The third kappa shape index (κ3) is 4.16. The summed E-state index contributed by atoms with van der Waals surface area (Å²) >= 11 is 0. The quantitative estimate of drug-likeness (QED) is 0.813. The fourth-order valence-corrected chi connectivity index (χ4v) is 3.69. The average Bonchev–Trinajstić information content (AvgIpc) is 3.04. The number of benzene rings is 2. The van der Waals surface area contributed by atoms with Crippen LogP contribution in [0, 0.1) is 6.92 Å². The minimum atomic E-state index is -1.19. The van der Waals surface area contributed by atoms with Gasteiger partial charge in [0, 0.05) is 4.90 Å². The van der Waals surface area contributed by atoms with Crippen molar-refractivity contribution < 1.29 is 13.7 Å². The van der Waals surface area contributed by atoms with Gasteiger partial charge in [0.1, 0.15) is 6.10 Å². The molecule has 120 valence electrons. The van der Waals surface area contributed by atoms with E-state index in [0.29, 0.717) is 19.8 Å². The van der Waals surface area contributed by atoms with Crippen LogP contribution in [0.5, 0.6) is 0 Å². The summed E-state index contributed by atoms with van der Waals surface area (Å²) in [6, 6.07) is 17.8. The van der Waals surface area contributed by atoms with Gasteiger partial charge >= 0.3 is 0 Å². The Morgan fingerprint density at radius 3 is 2.61 bits per heavy atom. The Morgan fingerprint density at radius 1 is 1.13 bits per heavy atom. The van der Waals surface area contributed by atoms with Crippen molar-refractivity contribution in [2.75, 3.05) is 13.2 Å². The zero-order valence-corrected chi connectivity index (χ0v) is 13.9. The van der Waals surface area contributed by atoms with Crippen molar-refractivity contribution in [1.82, 2.24) is 0 Å². The molecule has 3 nitrogen and oxygen atoms in total. The second-order valence-electron chi connectivity index (χ2n) is 5.51. The van der Waals surface area contributed by atoms with Crippen molar-refractivity contribution in [3.05, 3.63) is 76.7 Å². The normalized spacial score (nSPS) is 18.7. The number of aryl methyl sites for hydroxylation is 1. The summed E-state index contributed by atoms with van der Waals surface area (Å²) in [7, 11) is -1.19. The molecule has 2 atom stereocenters. The molecule has 0 aliphatic carbocycles. The molecule has 0 saturated carbocycles. The number of ether oxygens (including phenoxy) is 2. The van der Waals surface area contributed by atoms with E-state index in [2.05, 4.69) is 0 Å². The van der Waals surface area contributed by atoms with E-state index < -0.39 is 10.8 Å². The molecule has 2 aromatic rings. The molecular formula is C19H20O3S. The first kappa shape index (κ1) is 16.1. The number of hydrogen-bond donors (Lipinski definition) is 0. The summed E-state index contributed by atoms with van der Waals surface area (Å²) in [5, 5.41) is 0. The molecule has 0 fully saturated rings. The molecule has 0 radical (unpaired) electrons. The fourth-order valence-electron chi connectivity index (χ4n) is 2.44. The first-order chi connectivity index (χ1) is 11.2. The third-order valence-corrected chi connectivity index (χ3v) is 5.29. The van der Waals surface area contributed by atoms with Crippen LogP contribution in [0.3, 0.4) is 0 Å². The first-order valence-electron chi connectivity index (χ1n) is 7.66. The monoisotopic (exact) mass is 328 g/mol. The van der Waals surface area contributed by atoms with Crippen LogP contribution in [0.15, 0.2) is 70.5 Å². The van der Waals surface area contributed by atoms with Crippen LogP contribution < -0.4 is 0 Å².